The molecule has 1 heterocycles. The number of aryl methyl sites for hydroxylation is 1. The van der Waals surface area contributed by atoms with Crippen LogP contribution >= 0.6 is 0 Å². The van der Waals surface area contributed by atoms with Crippen LogP contribution in [-0.2, 0) is 20.3 Å². The van der Waals surface area contributed by atoms with Gasteiger partial charge in [0.15, 0.2) is 0 Å². The van der Waals surface area contributed by atoms with Crippen LogP contribution in [-0.4, -0.2) is 26.2 Å². The van der Waals surface area contributed by atoms with Gasteiger partial charge in [-0.15, -0.1) is 0 Å². The molecule has 2 aromatic rings. The van der Waals surface area contributed by atoms with Gasteiger partial charge in [-0.05, 0) is 50.6 Å². The fourth-order valence-corrected chi connectivity index (χ4v) is 3.33. The van der Waals surface area contributed by atoms with Crippen LogP contribution in [0.4, 0.5) is 13.2 Å². The fourth-order valence-electron chi connectivity index (χ4n) is 2.89. The molecule has 0 amide bonds. The molecule has 3 rings (SSSR count). The number of hydrogen-bond donors (Lipinski definition) is 0. The van der Waals surface area contributed by atoms with Gasteiger partial charge in [-0.25, -0.2) is 4.79 Å². The van der Waals surface area contributed by atoms with Gasteiger partial charge >= 0.3 is 21.6 Å². The largest absolute Gasteiger partial charge is 0.534 e. The molecule has 156 valence electrons. The Kier molecular flexibility index (Phi) is 5.02. The van der Waals surface area contributed by atoms with Gasteiger partial charge < -0.3 is 13.7 Å². The van der Waals surface area contributed by atoms with E-state index in [1.165, 1.54) is 6.92 Å². The zero-order valence-electron chi connectivity index (χ0n) is 15.6. The van der Waals surface area contributed by atoms with Crippen molar-refractivity contribution in [3.8, 4) is 11.5 Å². The topological polar surface area (TPSA) is 78.9 Å². The molecule has 0 bridgehead atoms. The summed E-state index contributed by atoms with van der Waals surface area (Å²) in [5.74, 6) is -0.854. The van der Waals surface area contributed by atoms with Crippen LogP contribution in [0.25, 0.3) is 0 Å². The van der Waals surface area contributed by atoms with E-state index < -0.39 is 39.1 Å². The van der Waals surface area contributed by atoms with Crippen molar-refractivity contribution in [2.75, 3.05) is 0 Å². The summed E-state index contributed by atoms with van der Waals surface area (Å²) >= 11 is 0. The number of benzene rings is 2. The molecule has 0 saturated heterocycles. The van der Waals surface area contributed by atoms with Gasteiger partial charge in [-0.2, -0.15) is 21.6 Å². The highest BCUT2D eigenvalue weighted by atomic mass is 32.2. The van der Waals surface area contributed by atoms with E-state index in [9.17, 15) is 26.4 Å². The van der Waals surface area contributed by atoms with Gasteiger partial charge in [-0.3, -0.25) is 0 Å². The summed E-state index contributed by atoms with van der Waals surface area (Å²) in [5, 5.41) is 0. The Bertz CT molecular complexity index is 1050. The molecule has 6 nitrogen and oxygen atoms in total. The maximum Gasteiger partial charge on any atom is 0.534 e. The minimum atomic E-state index is -5.82. The van der Waals surface area contributed by atoms with E-state index in [0.29, 0.717) is 16.7 Å². The summed E-state index contributed by atoms with van der Waals surface area (Å²) in [5.41, 5.74) is -5.54. The third kappa shape index (κ3) is 3.89. The molecule has 0 aromatic heterocycles. The van der Waals surface area contributed by atoms with Gasteiger partial charge in [0.05, 0.1) is 11.0 Å². The molecule has 1 aliphatic rings. The predicted octanol–water partition coefficient (Wildman–Crippen LogP) is 4.08. The summed E-state index contributed by atoms with van der Waals surface area (Å²) < 4.78 is 75.9. The normalized spacial score (nSPS) is 17.9. The number of rotatable bonds is 4. The van der Waals surface area contributed by atoms with Gasteiger partial charge in [0.25, 0.3) is 6.29 Å². The molecule has 0 fully saturated rings. The molecular formula is C19H17F3O6S. The monoisotopic (exact) mass is 430 g/mol. The second-order valence-electron chi connectivity index (χ2n) is 7.04. The molecule has 0 aliphatic carbocycles. The SMILES string of the molecule is Cc1cc(OS(=O)(=O)C(F)(F)F)cc2c1OC(OC(=O)c1ccccc1)C2(C)C. The smallest absolute Gasteiger partial charge is 0.453 e. The number of halogens is 3. The lowest BCUT2D eigenvalue weighted by atomic mass is 9.84. The highest BCUT2D eigenvalue weighted by molar-refractivity contribution is 7.88. The zero-order chi connectivity index (χ0) is 21.6. The number of ether oxygens (including phenoxy) is 2. The average molecular weight is 430 g/mol. The number of fused-ring (bicyclic) bond motifs is 1. The number of carbonyl (C=O) groups excluding carboxylic acids is 1. The third-order valence-corrected chi connectivity index (χ3v) is 5.45. The molecular weight excluding hydrogens is 413 g/mol. The molecule has 2 aromatic carbocycles. The molecule has 1 atom stereocenters. The molecule has 0 saturated carbocycles. The summed E-state index contributed by atoms with van der Waals surface area (Å²) in [4.78, 5) is 12.4. The first-order valence-corrected chi connectivity index (χ1v) is 9.82. The van der Waals surface area contributed by atoms with Crippen molar-refractivity contribution in [2.45, 2.75) is 38.0 Å². The minimum Gasteiger partial charge on any atom is -0.453 e. The van der Waals surface area contributed by atoms with E-state index in [4.69, 9.17) is 9.47 Å². The Morgan fingerprint density at radius 3 is 2.34 bits per heavy atom. The first kappa shape index (κ1) is 21.0. The minimum absolute atomic E-state index is 0.289. The molecule has 0 spiro atoms. The van der Waals surface area contributed by atoms with Gasteiger partial charge in [0, 0.05) is 5.56 Å². The molecule has 10 heteroatoms. The lowest BCUT2D eigenvalue weighted by molar-refractivity contribution is -0.0686. The maximum absolute atomic E-state index is 12.6. The van der Waals surface area contributed by atoms with Gasteiger partial charge in [0.2, 0.25) is 0 Å². The van der Waals surface area contributed by atoms with Crippen LogP contribution in [0, 0.1) is 6.92 Å². The van der Waals surface area contributed by atoms with E-state index in [1.807, 2.05) is 0 Å². The molecule has 0 radical (unpaired) electrons. The highest BCUT2D eigenvalue weighted by Gasteiger charge is 2.50. The number of hydrogen-bond acceptors (Lipinski definition) is 6. The molecule has 1 unspecified atom stereocenters. The van der Waals surface area contributed by atoms with Crippen LogP contribution < -0.4 is 8.92 Å². The quantitative estimate of drug-likeness (QED) is 0.413. The Hall–Kier alpha value is -2.75. The second-order valence-corrected chi connectivity index (χ2v) is 8.58. The van der Waals surface area contributed by atoms with Crippen molar-refractivity contribution in [1.82, 2.24) is 0 Å². The van der Waals surface area contributed by atoms with E-state index in [1.54, 1.807) is 44.2 Å². The van der Waals surface area contributed by atoms with Crippen LogP contribution in [0.3, 0.4) is 0 Å². The highest BCUT2D eigenvalue weighted by Crippen LogP contribution is 2.47. The maximum atomic E-state index is 12.6. The van der Waals surface area contributed by atoms with E-state index >= 15 is 0 Å². The first-order chi connectivity index (χ1) is 13.3. The van der Waals surface area contributed by atoms with Crippen LogP contribution in [0.5, 0.6) is 11.5 Å². The summed E-state index contributed by atoms with van der Waals surface area (Å²) in [6.07, 6.45) is -1.07. The first-order valence-electron chi connectivity index (χ1n) is 8.41. The lowest BCUT2D eigenvalue weighted by Crippen LogP contribution is -2.36. The third-order valence-electron chi connectivity index (χ3n) is 4.47. The number of alkyl halides is 3. The Balaban J connectivity index is 1.90. The Morgan fingerprint density at radius 1 is 1.14 bits per heavy atom. The van der Waals surface area contributed by atoms with Crippen molar-refractivity contribution in [3.63, 3.8) is 0 Å². The van der Waals surface area contributed by atoms with Gasteiger partial charge in [-0.1, -0.05) is 18.2 Å². The van der Waals surface area contributed by atoms with E-state index in [0.717, 1.165) is 12.1 Å². The summed E-state index contributed by atoms with van der Waals surface area (Å²) in [6, 6.07) is 10.5. The van der Waals surface area contributed by atoms with Gasteiger partial charge in [0.1, 0.15) is 11.5 Å². The van der Waals surface area contributed by atoms with Crippen LogP contribution in [0.2, 0.25) is 0 Å². The standard InChI is InChI=1S/C19H17F3O6S/c1-11-9-13(28-29(24,25)19(20,21)22)10-14-15(11)26-17(18(14,2)3)27-16(23)12-7-5-4-6-8-12/h4-10,17H,1-3H3. The average Bonchev–Trinajstić information content (AvgIpc) is 2.86. The van der Waals surface area contributed by atoms with E-state index in [2.05, 4.69) is 4.18 Å². The lowest BCUT2D eigenvalue weighted by Gasteiger charge is -2.25. The van der Waals surface area contributed by atoms with Crippen molar-refractivity contribution in [2.24, 2.45) is 0 Å². The number of carbonyl (C=O) groups is 1. The van der Waals surface area contributed by atoms with Crippen molar-refractivity contribution in [3.05, 3.63) is 59.2 Å². The predicted molar refractivity (Wildman–Crippen MR) is 96.1 cm³/mol. The van der Waals surface area contributed by atoms with E-state index in [-0.39, 0.29) is 5.75 Å². The number of esters is 1. The molecule has 29 heavy (non-hydrogen) atoms. The van der Waals surface area contributed by atoms with Crippen LogP contribution in [0.15, 0.2) is 42.5 Å². The van der Waals surface area contributed by atoms with Crippen molar-refractivity contribution in [1.29, 1.82) is 0 Å². The zero-order valence-corrected chi connectivity index (χ0v) is 16.4. The summed E-state index contributed by atoms with van der Waals surface area (Å²) in [6.45, 7) is 4.83. The summed E-state index contributed by atoms with van der Waals surface area (Å²) in [7, 11) is -5.82. The van der Waals surface area contributed by atoms with Crippen molar-refractivity contribution >= 4 is 16.1 Å². The molecule has 1 aliphatic heterocycles. The van der Waals surface area contributed by atoms with Crippen LogP contribution in [0.1, 0.15) is 35.3 Å². The second kappa shape index (κ2) is 6.94. The van der Waals surface area contributed by atoms with Crippen molar-refractivity contribution < 1.29 is 40.0 Å². The fraction of sp³-hybridized carbons (Fsp3) is 0.316. The Morgan fingerprint density at radius 2 is 1.76 bits per heavy atom. The Labute approximate surface area is 165 Å². The molecule has 0 N–H and O–H groups in total.